The van der Waals surface area contributed by atoms with E-state index in [1.807, 2.05) is 6.08 Å². The SMILES string of the molecule is C=CC(=O)OCCCCCCOC1CCC2CC(C#CC3CCC(OCCCCCCOC4CCC(/C=C/C(=O)OC)CC4OC)CC3)CCC2C1. The number of carbonyl (C=O) groups is 2. The van der Waals surface area contributed by atoms with Gasteiger partial charge in [-0.25, -0.2) is 9.59 Å². The molecule has 7 atom stereocenters. The third kappa shape index (κ3) is 16.0. The Morgan fingerprint density at radius 2 is 1.19 bits per heavy atom. The highest BCUT2D eigenvalue weighted by Gasteiger charge is 2.35. The van der Waals surface area contributed by atoms with Gasteiger partial charge in [0.15, 0.2) is 0 Å². The molecule has 0 bridgehead atoms. The summed E-state index contributed by atoms with van der Waals surface area (Å²) in [7, 11) is 3.16. The molecule has 52 heavy (non-hydrogen) atoms. The molecule has 0 heterocycles. The zero-order valence-corrected chi connectivity index (χ0v) is 32.6. The smallest absolute Gasteiger partial charge is 0.330 e. The normalized spacial score (nSPS) is 30.5. The molecule has 4 fully saturated rings. The second kappa shape index (κ2) is 25.0. The Labute approximate surface area is 315 Å². The van der Waals surface area contributed by atoms with Crippen LogP contribution in [0.2, 0.25) is 0 Å². The van der Waals surface area contributed by atoms with Crippen LogP contribution in [0.25, 0.3) is 0 Å². The summed E-state index contributed by atoms with van der Waals surface area (Å²) >= 11 is 0. The van der Waals surface area contributed by atoms with Crippen molar-refractivity contribution in [3.63, 3.8) is 0 Å². The lowest BCUT2D eigenvalue weighted by molar-refractivity contribution is -0.138. The molecule has 8 heteroatoms. The van der Waals surface area contributed by atoms with Gasteiger partial charge in [0.2, 0.25) is 0 Å². The average Bonchev–Trinajstić information content (AvgIpc) is 3.18. The van der Waals surface area contributed by atoms with Crippen LogP contribution < -0.4 is 0 Å². The summed E-state index contributed by atoms with van der Waals surface area (Å²) in [5, 5.41) is 0. The van der Waals surface area contributed by atoms with E-state index >= 15 is 0 Å². The number of hydrogen-bond donors (Lipinski definition) is 0. The summed E-state index contributed by atoms with van der Waals surface area (Å²) in [6, 6.07) is 0. The fraction of sp³-hybridized carbons (Fsp3) is 0.818. The molecule has 0 aromatic rings. The van der Waals surface area contributed by atoms with Crippen LogP contribution >= 0.6 is 0 Å². The first-order valence-corrected chi connectivity index (χ1v) is 20.9. The van der Waals surface area contributed by atoms with E-state index in [1.165, 1.54) is 77.0 Å². The summed E-state index contributed by atoms with van der Waals surface area (Å²) < 4.78 is 34.2. The van der Waals surface area contributed by atoms with Gasteiger partial charge in [0.05, 0.1) is 38.1 Å². The van der Waals surface area contributed by atoms with E-state index in [2.05, 4.69) is 18.4 Å². The van der Waals surface area contributed by atoms with Crippen LogP contribution in [0, 0.1) is 41.4 Å². The highest BCUT2D eigenvalue weighted by atomic mass is 16.5. The standard InChI is InChI=1S/C44H70O8/c1-4-43(45)52-30-12-8-6-10-28-50-40-24-21-37-31-35(15-20-38(37)33-40)14-13-34-16-22-39(23-17-34)49-27-9-5-7-11-29-51-41-25-18-36(32-42(41)47-2)19-26-44(46)48-3/h4,19,26,34-42H,1,5-12,15-18,20-25,27-33H2,2-3H3/b26-19+. The topological polar surface area (TPSA) is 89.5 Å². The van der Waals surface area contributed by atoms with Crippen LogP contribution in [0.1, 0.15) is 135 Å². The summed E-state index contributed by atoms with van der Waals surface area (Å²) in [6.07, 6.45) is 29.6. The zero-order valence-electron chi connectivity index (χ0n) is 32.6. The van der Waals surface area contributed by atoms with Gasteiger partial charge in [-0.1, -0.05) is 43.8 Å². The van der Waals surface area contributed by atoms with E-state index in [0.717, 1.165) is 109 Å². The number of methoxy groups -OCH3 is 2. The van der Waals surface area contributed by atoms with E-state index in [1.54, 1.807) is 7.11 Å². The summed E-state index contributed by atoms with van der Waals surface area (Å²) in [5.41, 5.74) is 0. The van der Waals surface area contributed by atoms with Crippen molar-refractivity contribution >= 4 is 11.9 Å². The second-order valence-corrected chi connectivity index (χ2v) is 15.8. The molecule has 7 unspecified atom stereocenters. The Hall–Kier alpha value is -2.18. The Morgan fingerprint density at radius 1 is 0.596 bits per heavy atom. The van der Waals surface area contributed by atoms with Crippen molar-refractivity contribution in [2.45, 2.75) is 159 Å². The minimum Gasteiger partial charge on any atom is -0.466 e. The van der Waals surface area contributed by atoms with Crippen LogP contribution in [-0.4, -0.2) is 77.0 Å². The lowest BCUT2D eigenvalue weighted by Crippen LogP contribution is -2.37. The van der Waals surface area contributed by atoms with E-state index in [9.17, 15) is 9.59 Å². The van der Waals surface area contributed by atoms with Gasteiger partial charge in [0.25, 0.3) is 0 Å². The van der Waals surface area contributed by atoms with E-state index in [4.69, 9.17) is 28.4 Å². The quantitative estimate of drug-likeness (QED) is 0.0502. The number of rotatable bonds is 21. The molecule has 4 aliphatic carbocycles. The predicted molar refractivity (Wildman–Crippen MR) is 205 cm³/mol. The zero-order chi connectivity index (χ0) is 36.8. The molecule has 4 rings (SSSR count). The van der Waals surface area contributed by atoms with Gasteiger partial charge in [-0.2, -0.15) is 0 Å². The number of ether oxygens (including phenoxy) is 6. The minimum atomic E-state index is -0.331. The van der Waals surface area contributed by atoms with Crippen LogP contribution in [0.3, 0.4) is 0 Å². The van der Waals surface area contributed by atoms with Crippen molar-refractivity contribution in [2.24, 2.45) is 29.6 Å². The van der Waals surface area contributed by atoms with Crippen LogP contribution in [0.5, 0.6) is 0 Å². The van der Waals surface area contributed by atoms with Crippen molar-refractivity contribution in [3.8, 4) is 11.8 Å². The number of unbranched alkanes of at least 4 members (excludes halogenated alkanes) is 6. The molecule has 4 aliphatic rings. The lowest BCUT2D eigenvalue weighted by Gasteiger charge is -2.41. The van der Waals surface area contributed by atoms with E-state index < -0.39 is 0 Å². The third-order valence-corrected chi connectivity index (χ3v) is 12.0. The van der Waals surface area contributed by atoms with Gasteiger partial charge < -0.3 is 28.4 Å². The van der Waals surface area contributed by atoms with Crippen molar-refractivity contribution < 1.29 is 38.0 Å². The third-order valence-electron chi connectivity index (χ3n) is 12.0. The molecule has 8 nitrogen and oxygen atoms in total. The number of hydrogen-bond acceptors (Lipinski definition) is 8. The molecule has 0 aliphatic heterocycles. The highest BCUT2D eigenvalue weighted by molar-refractivity contribution is 5.81. The Morgan fingerprint density at radius 3 is 1.88 bits per heavy atom. The van der Waals surface area contributed by atoms with Crippen molar-refractivity contribution in [1.82, 2.24) is 0 Å². The molecule has 0 N–H and O–H groups in total. The molecular formula is C44H70O8. The molecule has 4 saturated carbocycles. The molecule has 0 aromatic heterocycles. The lowest BCUT2D eigenvalue weighted by atomic mass is 9.67. The fourth-order valence-corrected chi connectivity index (χ4v) is 8.85. The minimum absolute atomic E-state index is 0.0742. The summed E-state index contributed by atoms with van der Waals surface area (Å²) in [6.45, 7) is 6.40. The predicted octanol–water partition coefficient (Wildman–Crippen LogP) is 8.95. The first-order chi connectivity index (χ1) is 25.5. The van der Waals surface area contributed by atoms with E-state index in [-0.39, 0.29) is 24.1 Å². The first kappa shape index (κ1) is 42.6. The molecule has 0 spiro atoms. The van der Waals surface area contributed by atoms with Gasteiger partial charge in [0.1, 0.15) is 0 Å². The number of allylic oxidation sites excluding steroid dienone is 1. The van der Waals surface area contributed by atoms with Crippen molar-refractivity contribution in [1.29, 1.82) is 0 Å². The Bertz CT molecular complexity index is 1120. The van der Waals surface area contributed by atoms with Gasteiger partial charge >= 0.3 is 11.9 Å². The molecule has 0 saturated heterocycles. The van der Waals surface area contributed by atoms with Crippen LogP contribution in [0.15, 0.2) is 24.8 Å². The number of esters is 2. The average molecular weight is 727 g/mol. The van der Waals surface area contributed by atoms with Gasteiger partial charge in [-0.05, 0) is 133 Å². The molecule has 0 amide bonds. The highest BCUT2D eigenvalue weighted by Crippen LogP contribution is 2.43. The Kier molecular flexibility index (Phi) is 20.5. The van der Waals surface area contributed by atoms with Gasteiger partial charge in [0, 0.05) is 50.9 Å². The van der Waals surface area contributed by atoms with Gasteiger partial charge in [-0.3, -0.25) is 0 Å². The van der Waals surface area contributed by atoms with Gasteiger partial charge in [-0.15, -0.1) is 0 Å². The number of carbonyl (C=O) groups excluding carboxylic acids is 2. The molecule has 294 valence electrons. The first-order valence-electron chi connectivity index (χ1n) is 20.9. The monoisotopic (exact) mass is 727 g/mol. The summed E-state index contributed by atoms with van der Waals surface area (Å²) in [5.74, 6) is 9.95. The van der Waals surface area contributed by atoms with Crippen LogP contribution in [-0.2, 0) is 38.0 Å². The summed E-state index contributed by atoms with van der Waals surface area (Å²) in [4.78, 5) is 22.5. The number of fused-ring (bicyclic) bond motifs is 1. The maximum atomic E-state index is 11.4. The Balaban J connectivity index is 0.965. The molecule has 0 radical (unpaired) electrons. The van der Waals surface area contributed by atoms with Crippen molar-refractivity contribution in [3.05, 3.63) is 24.8 Å². The maximum Gasteiger partial charge on any atom is 0.330 e. The molecular weight excluding hydrogens is 656 g/mol. The van der Waals surface area contributed by atoms with E-state index in [0.29, 0.717) is 36.6 Å². The molecule has 0 aromatic carbocycles. The largest absolute Gasteiger partial charge is 0.466 e. The van der Waals surface area contributed by atoms with Crippen LogP contribution in [0.4, 0.5) is 0 Å². The fourth-order valence-electron chi connectivity index (χ4n) is 8.85. The maximum absolute atomic E-state index is 11.4. The van der Waals surface area contributed by atoms with Crippen molar-refractivity contribution in [2.75, 3.05) is 40.6 Å². The second-order valence-electron chi connectivity index (χ2n) is 15.8.